The van der Waals surface area contributed by atoms with Crippen molar-refractivity contribution >= 4 is 23.0 Å². The minimum absolute atomic E-state index is 0.117. The molecule has 0 fully saturated rings. The maximum absolute atomic E-state index is 13.6. The zero-order valence-electron chi connectivity index (χ0n) is 25.6. The highest BCUT2D eigenvalue weighted by Gasteiger charge is 2.26. The Bertz CT molecular complexity index is 1690. The smallest absolute Gasteiger partial charge is 0.332 e. The maximum Gasteiger partial charge on any atom is 0.332 e. The molecule has 0 atom stereocenters. The van der Waals surface area contributed by atoms with Gasteiger partial charge in [-0.2, -0.15) is 4.98 Å². The third kappa shape index (κ3) is 7.03. The van der Waals surface area contributed by atoms with Gasteiger partial charge in [-0.15, -0.1) is 0 Å². The molecule has 0 saturated carbocycles. The van der Waals surface area contributed by atoms with Crippen LogP contribution in [0.5, 0.6) is 5.75 Å². The normalized spacial score (nSPS) is 12.8. The number of fused-ring (bicyclic) bond motifs is 3. The summed E-state index contributed by atoms with van der Waals surface area (Å²) in [5, 5.41) is 2.77. The molecule has 0 unspecified atom stereocenters. The molecule has 0 radical (unpaired) electrons. The van der Waals surface area contributed by atoms with E-state index in [1.807, 2.05) is 28.8 Å². The number of rotatable bonds is 14. The van der Waals surface area contributed by atoms with Gasteiger partial charge >= 0.3 is 5.69 Å². The standard InChI is InChI=1S/C33H41FN6O4/c1-3-5-18-39-30-29(31(42)40(33(39)43)19-6-4-2)38-20-7-17-37(32(38)36-30)21-16-24-10-14-27(15-11-24)44-23-28(41)35-22-25-8-12-26(34)13-9-25/h8-15H,3-7,16-23H2,1-2H3,(H,35,41). The van der Waals surface area contributed by atoms with Crippen LogP contribution in [0.3, 0.4) is 0 Å². The molecule has 0 aliphatic carbocycles. The lowest BCUT2D eigenvalue weighted by Crippen LogP contribution is -2.41. The number of imidazole rings is 1. The summed E-state index contributed by atoms with van der Waals surface area (Å²) in [5.74, 6) is 0.761. The molecule has 1 N–H and O–H groups in total. The van der Waals surface area contributed by atoms with Crippen molar-refractivity contribution in [2.24, 2.45) is 0 Å². The molecule has 0 saturated heterocycles. The maximum atomic E-state index is 13.6. The second kappa shape index (κ2) is 14.4. The molecule has 234 valence electrons. The second-order valence-electron chi connectivity index (χ2n) is 11.3. The average molecular weight is 605 g/mol. The number of unbranched alkanes of at least 4 members (excludes halogenated alkanes) is 2. The molecule has 2 aromatic carbocycles. The molecule has 5 rings (SSSR count). The van der Waals surface area contributed by atoms with Gasteiger partial charge in [0.15, 0.2) is 17.8 Å². The predicted octanol–water partition coefficient (Wildman–Crippen LogP) is 4.25. The van der Waals surface area contributed by atoms with Crippen molar-refractivity contribution in [3.05, 3.63) is 86.3 Å². The van der Waals surface area contributed by atoms with E-state index in [-0.39, 0.29) is 29.6 Å². The molecule has 2 aromatic heterocycles. The molecular weight excluding hydrogens is 563 g/mol. The number of carbonyl (C=O) groups is 1. The van der Waals surface area contributed by atoms with Crippen LogP contribution in [0.15, 0.2) is 58.1 Å². The fourth-order valence-corrected chi connectivity index (χ4v) is 5.51. The Hall–Kier alpha value is -4.41. The van der Waals surface area contributed by atoms with Crippen LogP contribution >= 0.6 is 0 Å². The van der Waals surface area contributed by atoms with E-state index in [2.05, 4.69) is 24.1 Å². The molecular formula is C33H41FN6O4. The van der Waals surface area contributed by atoms with E-state index in [1.54, 1.807) is 16.7 Å². The quantitative estimate of drug-likeness (QED) is 0.231. The summed E-state index contributed by atoms with van der Waals surface area (Å²) < 4.78 is 23.8. The van der Waals surface area contributed by atoms with Crippen molar-refractivity contribution in [3.63, 3.8) is 0 Å². The lowest BCUT2D eigenvalue weighted by atomic mass is 10.1. The lowest BCUT2D eigenvalue weighted by Gasteiger charge is -2.29. The van der Waals surface area contributed by atoms with Gasteiger partial charge in [-0.25, -0.2) is 9.18 Å². The molecule has 1 aliphatic heterocycles. The monoisotopic (exact) mass is 604 g/mol. The third-order valence-electron chi connectivity index (χ3n) is 8.02. The molecule has 10 nitrogen and oxygen atoms in total. The summed E-state index contributed by atoms with van der Waals surface area (Å²) in [7, 11) is 0. The van der Waals surface area contributed by atoms with Crippen LogP contribution in [0.4, 0.5) is 10.3 Å². The van der Waals surface area contributed by atoms with Gasteiger partial charge in [-0.1, -0.05) is 51.0 Å². The van der Waals surface area contributed by atoms with Crippen molar-refractivity contribution in [2.45, 2.75) is 78.6 Å². The van der Waals surface area contributed by atoms with Crippen LogP contribution in [0.1, 0.15) is 57.1 Å². The van der Waals surface area contributed by atoms with E-state index < -0.39 is 0 Å². The predicted molar refractivity (Wildman–Crippen MR) is 169 cm³/mol. The Balaban J connectivity index is 1.24. The summed E-state index contributed by atoms with van der Waals surface area (Å²) in [6, 6.07) is 13.6. The Morgan fingerprint density at radius 3 is 2.30 bits per heavy atom. The van der Waals surface area contributed by atoms with Crippen LogP contribution in [0, 0.1) is 5.82 Å². The topological polar surface area (TPSA) is 103 Å². The van der Waals surface area contributed by atoms with Gasteiger partial charge in [-0.05, 0) is 61.1 Å². The molecule has 0 spiro atoms. The zero-order valence-corrected chi connectivity index (χ0v) is 25.6. The minimum Gasteiger partial charge on any atom is -0.484 e. The SMILES string of the molecule is CCCCn1c(=O)c2c(nc3n2CCCN3CCc2ccc(OCC(=O)NCc3ccc(F)cc3)cc2)n(CCCC)c1=O. The fraction of sp³-hybridized carbons (Fsp3) is 0.455. The largest absolute Gasteiger partial charge is 0.484 e. The summed E-state index contributed by atoms with van der Waals surface area (Å²) in [5.41, 5.74) is 2.42. The number of benzene rings is 2. The van der Waals surface area contributed by atoms with Gasteiger partial charge in [0.05, 0.1) is 0 Å². The van der Waals surface area contributed by atoms with Crippen LogP contribution in [-0.4, -0.2) is 44.3 Å². The number of anilines is 1. The van der Waals surface area contributed by atoms with Gasteiger partial charge in [0.1, 0.15) is 11.6 Å². The first-order valence-electron chi connectivity index (χ1n) is 15.6. The highest BCUT2D eigenvalue weighted by molar-refractivity contribution is 5.77. The first kappa shape index (κ1) is 31.0. The van der Waals surface area contributed by atoms with Gasteiger partial charge in [0.25, 0.3) is 11.5 Å². The van der Waals surface area contributed by atoms with Crippen LogP contribution in [-0.2, 0) is 37.4 Å². The van der Waals surface area contributed by atoms with Gasteiger partial charge in [0.2, 0.25) is 5.95 Å². The van der Waals surface area contributed by atoms with Crippen LogP contribution in [0.2, 0.25) is 0 Å². The van der Waals surface area contributed by atoms with E-state index in [1.165, 1.54) is 16.7 Å². The molecule has 11 heteroatoms. The van der Waals surface area contributed by atoms with Crippen molar-refractivity contribution in [2.75, 3.05) is 24.6 Å². The van der Waals surface area contributed by atoms with E-state index in [0.717, 1.165) is 62.1 Å². The summed E-state index contributed by atoms with van der Waals surface area (Å²) in [4.78, 5) is 46.2. The number of carbonyl (C=O) groups excluding carboxylic acids is 1. The third-order valence-corrected chi connectivity index (χ3v) is 8.02. The van der Waals surface area contributed by atoms with Gasteiger partial charge in [0, 0.05) is 39.3 Å². The first-order valence-corrected chi connectivity index (χ1v) is 15.6. The highest BCUT2D eigenvalue weighted by atomic mass is 19.1. The number of ether oxygens (including phenoxy) is 1. The number of halogens is 1. The highest BCUT2D eigenvalue weighted by Crippen LogP contribution is 2.25. The van der Waals surface area contributed by atoms with E-state index >= 15 is 0 Å². The molecule has 0 bridgehead atoms. The summed E-state index contributed by atoms with van der Waals surface area (Å²) in [6.07, 6.45) is 5.10. The number of hydrogen-bond donors (Lipinski definition) is 1. The fourth-order valence-electron chi connectivity index (χ4n) is 5.51. The Morgan fingerprint density at radius 1 is 0.909 bits per heavy atom. The minimum atomic E-state index is -0.315. The van der Waals surface area contributed by atoms with Crippen LogP contribution < -0.4 is 26.2 Å². The number of nitrogens with one attached hydrogen (secondary N) is 1. The Kier molecular flexibility index (Phi) is 10.1. The lowest BCUT2D eigenvalue weighted by molar-refractivity contribution is -0.123. The first-order chi connectivity index (χ1) is 21.4. The van der Waals surface area contributed by atoms with E-state index in [4.69, 9.17) is 9.72 Å². The Morgan fingerprint density at radius 2 is 1.59 bits per heavy atom. The van der Waals surface area contributed by atoms with Gasteiger partial charge < -0.3 is 19.5 Å². The molecule has 4 aromatic rings. The van der Waals surface area contributed by atoms with Crippen molar-refractivity contribution in [1.29, 1.82) is 0 Å². The van der Waals surface area contributed by atoms with E-state index in [9.17, 15) is 18.8 Å². The molecule has 3 heterocycles. The summed E-state index contributed by atoms with van der Waals surface area (Å²) in [6.45, 7) is 7.50. The molecule has 1 amide bonds. The zero-order chi connectivity index (χ0) is 31.1. The van der Waals surface area contributed by atoms with Crippen molar-refractivity contribution < 1.29 is 13.9 Å². The number of hydrogen-bond acceptors (Lipinski definition) is 6. The molecule has 1 aliphatic rings. The summed E-state index contributed by atoms with van der Waals surface area (Å²) >= 11 is 0. The van der Waals surface area contributed by atoms with Gasteiger partial charge in [-0.3, -0.25) is 18.7 Å². The number of aromatic nitrogens is 4. The molecule has 44 heavy (non-hydrogen) atoms. The second-order valence-corrected chi connectivity index (χ2v) is 11.3. The number of amides is 1. The average Bonchev–Trinajstić information content (AvgIpc) is 3.43. The van der Waals surface area contributed by atoms with E-state index in [0.29, 0.717) is 49.6 Å². The Labute approximate surface area is 256 Å². The number of aryl methyl sites for hydroxylation is 2. The van der Waals surface area contributed by atoms with Crippen molar-refractivity contribution in [3.8, 4) is 5.75 Å². The van der Waals surface area contributed by atoms with Crippen molar-refractivity contribution in [1.82, 2.24) is 24.0 Å². The van der Waals surface area contributed by atoms with Crippen LogP contribution in [0.25, 0.3) is 11.2 Å². The number of nitrogens with zero attached hydrogens (tertiary/aromatic N) is 5.